The highest BCUT2D eigenvalue weighted by Gasteiger charge is 2.25. The van der Waals surface area contributed by atoms with Gasteiger partial charge in [-0.05, 0) is 59.7 Å². The highest BCUT2D eigenvalue weighted by Crippen LogP contribution is 2.37. The fraction of sp³-hybridized carbons (Fsp3) is 0.360. The third-order valence-corrected chi connectivity index (χ3v) is 5.83. The van der Waals surface area contributed by atoms with E-state index in [1.165, 1.54) is 5.56 Å². The Balaban J connectivity index is 1.39. The van der Waals surface area contributed by atoms with Crippen LogP contribution in [0.2, 0.25) is 0 Å². The van der Waals surface area contributed by atoms with Gasteiger partial charge in [-0.3, -0.25) is 4.79 Å². The molecule has 0 saturated carbocycles. The summed E-state index contributed by atoms with van der Waals surface area (Å²) in [5.74, 6) is 1.60. The van der Waals surface area contributed by atoms with E-state index >= 15 is 0 Å². The zero-order chi connectivity index (χ0) is 21.8. The molecule has 162 valence electrons. The van der Waals surface area contributed by atoms with Crippen LogP contribution in [0.15, 0.2) is 46.9 Å². The van der Waals surface area contributed by atoms with Gasteiger partial charge in [0.15, 0.2) is 0 Å². The fourth-order valence-electron chi connectivity index (χ4n) is 4.19. The van der Waals surface area contributed by atoms with Crippen LogP contribution in [0, 0.1) is 0 Å². The highest BCUT2D eigenvalue weighted by atomic mass is 16.5. The maximum absolute atomic E-state index is 11.0. The largest absolute Gasteiger partial charge is 0.493 e. The lowest BCUT2D eigenvalue weighted by atomic mass is 9.98. The van der Waals surface area contributed by atoms with Gasteiger partial charge in [0.25, 0.3) is 0 Å². The van der Waals surface area contributed by atoms with Gasteiger partial charge < -0.3 is 19.4 Å². The molecule has 0 spiro atoms. The van der Waals surface area contributed by atoms with Crippen LogP contribution in [0.5, 0.6) is 5.75 Å². The van der Waals surface area contributed by atoms with Gasteiger partial charge in [0, 0.05) is 18.4 Å². The van der Waals surface area contributed by atoms with Gasteiger partial charge in [-0.25, -0.2) is 4.98 Å². The number of aliphatic carboxylic acids is 1. The molecule has 6 heteroatoms. The summed E-state index contributed by atoms with van der Waals surface area (Å²) in [6.45, 7) is 2.54. The zero-order valence-electron chi connectivity index (χ0n) is 17.6. The average molecular weight is 421 g/mol. The van der Waals surface area contributed by atoms with Gasteiger partial charge in [0.1, 0.15) is 11.5 Å². The van der Waals surface area contributed by atoms with E-state index in [4.69, 9.17) is 14.3 Å². The highest BCUT2D eigenvalue weighted by molar-refractivity contribution is 5.68. The monoisotopic (exact) mass is 421 g/mol. The molecule has 2 N–H and O–H groups in total. The summed E-state index contributed by atoms with van der Waals surface area (Å²) in [6.07, 6.45) is 3.35. The summed E-state index contributed by atoms with van der Waals surface area (Å²) in [5.41, 5.74) is 4.95. The van der Waals surface area contributed by atoms with Crippen molar-refractivity contribution >= 4 is 5.97 Å². The van der Waals surface area contributed by atoms with Crippen molar-refractivity contribution in [3.05, 3.63) is 70.6 Å². The van der Waals surface area contributed by atoms with Crippen LogP contribution in [-0.4, -0.2) is 27.8 Å². The number of aliphatic hydroxyl groups excluding tert-OH is 1. The molecule has 0 radical (unpaired) electrons. The lowest BCUT2D eigenvalue weighted by molar-refractivity contribution is -0.137. The number of ether oxygens (including phenoxy) is 1. The molecular formula is C25H27NO5. The van der Waals surface area contributed by atoms with E-state index in [9.17, 15) is 9.90 Å². The van der Waals surface area contributed by atoms with Crippen molar-refractivity contribution in [3.8, 4) is 17.2 Å². The number of hydrogen-bond donors (Lipinski definition) is 2. The van der Waals surface area contributed by atoms with Crippen molar-refractivity contribution < 1.29 is 24.2 Å². The molecule has 2 aromatic carbocycles. The maximum atomic E-state index is 11.0. The Labute approximate surface area is 181 Å². The number of benzene rings is 2. The van der Waals surface area contributed by atoms with Gasteiger partial charge in [0.2, 0.25) is 5.89 Å². The van der Waals surface area contributed by atoms with E-state index < -0.39 is 5.97 Å². The Bertz CT molecular complexity index is 1050. The van der Waals surface area contributed by atoms with Crippen molar-refractivity contribution in [1.29, 1.82) is 0 Å². The number of hydrogen-bond acceptors (Lipinski definition) is 5. The number of oxazole rings is 1. The minimum atomic E-state index is -0.749. The molecule has 4 rings (SSSR count). The number of carbonyl (C=O) groups is 1. The molecule has 0 unspecified atom stereocenters. The molecule has 0 amide bonds. The molecule has 0 saturated heterocycles. The molecule has 3 aromatic rings. The van der Waals surface area contributed by atoms with E-state index in [-0.39, 0.29) is 18.9 Å². The van der Waals surface area contributed by atoms with E-state index in [2.05, 4.69) is 4.98 Å². The van der Waals surface area contributed by atoms with E-state index in [1.54, 1.807) is 0 Å². The molecule has 1 aliphatic rings. The Morgan fingerprint density at radius 2 is 2.03 bits per heavy atom. The smallest absolute Gasteiger partial charge is 0.303 e. The molecule has 31 heavy (non-hydrogen) atoms. The van der Waals surface area contributed by atoms with Crippen molar-refractivity contribution in [3.63, 3.8) is 0 Å². The number of aliphatic hydroxyl groups is 1. The van der Waals surface area contributed by atoms with Crippen LogP contribution in [-0.2, 0) is 30.7 Å². The summed E-state index contributed by atoms with van der Waals surface area (Å²) < 4.78 is 11.9. The van der Waals surface area contributed by atoms with Gasteiger partial charge in [-0.2, -0.15) is 0 Å². The lowest BCUT2D eigenvalue weighted by Crippen LogP contribution is -2.05. The summed E-state index contributed by atoms with van der Waals surface area (Å²) in [5, 5.41) is 18.3. The third kappa shape index (κ3) is 4.80. The summed E-state index contributed by atoms with van der Waals surface area (Å²) in [7, 11) is 0. The van der Waals surface area contributed by atoms with Crippen molar-refractivity contribution in [2.75, 3.05) is 6.61 Å². The average Bonchev–Trinajstić information content (AvgIpc) is 3.37. The molecule has 1 atom stereocenters. The Hall–Kier alpha value is -3.12. The van der Waals surface area contributed by atoms with Crippen molar-refractivity contribution in [2.24, 2.45) is 0 Å². The third-order valence-electron chi connectivity index (χ3n) is 5.83. The first-order valence-electron chi connectivity index (χ1n) is 10.7. The summed E-state index contributed by atoms with van der Waals surface area (Å²) >= 11 is 0. The first-order chi connectivity index (χ1) is 15.1. The molecule has 1 heterocycles. The number of carboxylic acid groups (broad SMARTS) is 1. The molecule has 1 aromatic heterocycles. The van der Waals surface area contributed by atoms with Gasteiger partial charge in [-0.15, -0.1) is 0 Å². The number of rotatable bonds is 9. The van der Waals surface area contributed by atoms with Crippen molar-refractivity contribution in [1.82, 2.24) is 4.98 Å². The standard InChI is InChI=1S/C25H27NO5/c1-2-23-22(26-25(31-23)17-5-3-16(15-27)4-6-17)11-12-30-20-9-10-21-18(13-20)7-8-19(21)14-24(28)29/h3-6,9-10,13,19,27H,2,7-8,11-12,14-15H2,1H3,(H,28,29)/t19-/m0/s1. The van der Waals surface area contributed by atoms with Gasteiger partial charge >= 0.3 is 5.97 Å². The number of aromatic nitrogens is 1. The normalized spacial score (nSPS) is 15.1. The lowest BCUT2D eigenvalue weighted by Gasteiger charge is -2.10. The number of aryl methyl sites for hydroxylation is 2. The van der Waals surface area contributed by atoms with Crippen LogP contribution in [0.3, 0.4) is 0 Å². The molecule has 0 fully saturated rings. The first-order valence-corrected chi connectivity index (χ1v) is 10.7. The minimum absolute atomic E-state index is 0.0115. The topological polar surface area (TPSA) is 92.8 Å². The second-order valence-electron chi connectivity index (χ2n) is 7.89. The molecular weight excluding hydrogens is 394 g/mol. The van der Waals surface area contributed by atoms with Crippen LogP contribution in [0.1, 0.15) is 53.8 Å². The SMILES string of the molecule is CCc1oc(-c2ccc(CO)cc2)nc1CCOc1ccc2c(c1)CC[C@H]2CC(=O)O. The predicted molar refractivity (Wildman–Crippen MR) is 116 cm³/mol. The van der Waals surface area contributed by atoms with Gasteiger partial charge in [0.05, 0.1) is 25.3 Å². The first kappa shape index (κ1) is 21.1. The van der Waals surface area contributed by atoms with Crippen LogP contribution in [0.25, 0.3) is 11.5 Å². The van der Waals surface area contributed by atoms with E-state index in [0.717, 1.165) is 53.2 Å². The fourth-order valence-corrected chi connectivity index (χ4v) is 4.19. The van der Waals surface area contributed by atoms with Crippen LogP contribution in [0.4, 0.5) is 0 Å². The van der Waals surface area contributed by atoms with E-state index in [1.807, 2.05) is 49.4 Å². The van der Waals surface area contributed by atoms with Crippen molar-refractivity contribution in [2.45, 2.75) is 51.6 Å². The second-order valence-corrected chi connectivity index (χ2v) is 7.89. The number of nitrogens with zero attached hydrogens (tertiary/aromatic N) is 1. The Morgan fingerprint density at radius 1 is 1.23 bits per heavy atom. The van der Waals surface area contributed by atoms with Crippen LogP contribution >= 0.6 is 0 Å². The Kier molecular flexibility index (Phi) is 6.37. The second kappa shape index (κ2) is 9.35. The molecule has 6 nitrogen and oxygen atoms in total. The van der Waals surface area contributed by atoms with Crippen LogP contribution < -0.4 is 4.74 Å². The van der Waals surface area contributed by atoms with Gasteiger partial charge in [-0.1, -0.05) is 25.1 Å². The summed E-state index contributed by atoms with van der Waals surface area (Å²) in [6, 6.07) is 13.5. The minimum Gasteiger partial charge on any atom is -0.493 e. The molecule has 1 aliphatic carbocycles. The summed E-state index contributed by atoms with van der Waals surface area (Å²) in [4.78, 5) is 15.7. The predicted octanol–water partition coefficient (Wildman–Crippen LogP) is 4.52. The molecule has 0 aliphatic heterocycles. The quantitative estimate of drug-likeness (QED) is 0.528. The number of carboxylic acids is 1. The number of fused-ring (bicyclic) bond motifs is 1. The maximum Gasteiger partial charge on any atom is 0.303 e. The van der Waals surface area contributed by atoms with E-state index in [0.29, 0.717) is 18.9 Å². The Morgan fingerprint density at radius 3 is 2.74 bits per heavy atom. The molecule has 0 bridgehead atoms. The zero-order valence-corrected chi connectivity index (χ0v) is 17.6.